The lowest BCUT2D eigenvalue weighted by Crippen LogP contribution is -2.09. The number of hydrogen-bond acceptors (Lipinski definition) is 5. The fourth-order valence-corrected chi connectivity index (χ4v) is 1.65. The summed E-state index contributed by atoms with van der Waals surface area (Å²) in [5, 5.41) is 0. The van der Waals surface area contributed by atoms with Gasteiger partial charge in [-0.3, -0.25) is 0 Å². The van der Waals surface area contributed by atoms with Crippen LogP contribution in [0.5, 0.6) is 5.75 Å². The van der Waals surface area contributed by atoms with Gasteiger partial charge in [0.2, 0.25) is 0 Å². The molecule has 1 aromatic heterocycles. The molecule has 0 radical (unpaired) electrons. The molecule has 6 heteroatoms. The fourth-order valence-electron chi connectivity index (χ4n) is 1.20. The summed E-state index contributed by atoms with van der Waals surface area (Å²) in [6, 6.07) is 2.44. The quantitative estimate of drug-likeness (QED) is 0.732. The topological polar surface area (TPSA) is 73.6 Å². The van der Waals surface area contributed by atoms with Crippen molar-refractivity contribution in [2.24, 2.45) is 0 Å². The second kappa shape index (κ2) is 5.16. The van der Waals surface area contributed by atoms with E-state index in [0.29, 0.717) is 12.2 Å². The predicted octanol–water partition coefficient (Wildman–Crippen LogP) is 1.32. The zero-order chi connectivity index (χ0) is 12.2. The van der Waals surface area contributed by atoms with Crippen LogP contribution in [0.4, 0.5) is 0 Å². The molecule has 90 valence electrons. The summed E-state index contributed by atoms with van der Waals surface area (Å²) in [5.41, 5.74) is -0.604. The summed E-state index contributed by atoms with van der Waals surface area (Å²) in [6.45, 7) is 2.01. The van der Waals surface area contributed by atoms with Crippen molar-refractivity contribution in [3.8, 4) is 5.75 Å². The minimum Gasteiger partial charge on any atom is -0.428 e. The number of unbranched alkanes of at least 4 members (excludes halogenated alkanes) is 1. The number of hydrogen-bond donors (Lipinski definition) is 0. The molecule has 1 aromatic rings. The zero-order valence-corrected chi connectivity index (χ0v) is 10.0. The minimum atomic E-state index is -3.61. The maximum absolute atomic E-state index is 11.1. The van der Waals surface area contributed by atoms with E-state index in [1.165, 1.54) is 6.07 Å². The van der Waals surface area contributed by atoms with Gasteiger partial charge in [0.1, 0.15) is 5.76 Å². The Bertz CT molecular complexity index is 500. The predicted molar refractivity (Wildman–Crippen MR) is 59.1 cm³/mol. The number of rotatable bonds is 5. The van der Waals surface area contributed by atoms with Crippen LogP contribution in [0, 0.1) is 0 Å². The van der Waals surface area contributed by atoms with Gasteiger partial charge in [-0.15, -0.1) is 0 Å². The molecule has 0 N–H and O–H groups in total. The van der Waals surface area contributed by atoms with Gasteiger partial charge in [-0.05, 0) is 6.42 Å². The van der Waals surface area contributed by atoms with Crippen molar-refractivity contribution in [3.05, 3.63) is 28.3 Å². The smallest absolute Gasteiger partial charge is 0.339 e. The normalized spacial score (nSPS) is 11.4. The molecule has 0 bridgehead atoms. The molecule has 0 unspecified atom stereocenters. The second-order valence-electron chi connectivity index (χ2n) is 3.47. The van der Waals surface area contributed by atoms with Crippen molar-refractivity contribution in [1.29, 1.82) is 0 Å². The van der Waals surface area contributed by atoms with Gasteiger partial charge in [0.15, 0.2) is 5.75 Å². The van der Waals surface area contributed by atoms with E-state index >= 15 is 0 Å². The van der Waals surface area contributed by atoms with E-state index in [0.717, 1.165) is 25.2 Å². The Morgan fingerprint density at radius 3 is 2.62 bits per heavy atom. The van der Waals surface area contributed by atoms with Crippen molar-refractivity contribution < 1.29 is 17.0 Å². The average Bonchev–Trinajstić information content (AvgIpc) is 2.10. The molecule has 0 saturated carbocycles. The van der Waals surface area contributed by atoms with Gasteiger partial charge >= 0.3 is 15.7 Å². The highest BCUT2D eigenvalue weighted by molar-refractivity contribution is 7.86. The third-order valence-corrected chi connectivity index (χ3v) is 2.31. The molecule has 16 heavy (non-hydrogen) atoms. The molecule has 0 atom stereocenters. The molecule has 0 aliphatic rings. The Labute approximate surface area is 94.2 Å². The Morgan fingerprint density at radius 2 is 2.06 bits per heavy atom. The third-order valence-electron chi connectivity index (χ3n) is 1.82. The summed E-state index contributed by atoms with van der Waals surface area (Å²) in [5.74, 6) is 0.442. The molecule has 0 aliphatic carbocycles. The minimum absolute atomic E-state index is 0.00449. The van der Waals surface area contributed by atoms with Gasteiger partial charge in [-0.2, -0.15) is 8.42 Å². The van der Waals surface area contributed by atoms with Crippen molar-refractivity contribution in [3.63, 3.8) is 0 Å². The molecular weight excluding hydrogens is 232 g/mol. The van der Waals surface area contributed by atoms with Crippen molar-refractivity contribution in [2.75, 3.05) is 6.26 Å². The fraction of sp³-hybridized carbons (Fsp3) is 0.500. The zero-order valence-electron chi connectivity index (χ0n) is 9.23. The van der Waals surface area contributed by atoms with Gasteiger partial charge in [0.25, 0.3) is 0 Å². The van der Waals surface area contributed by atoms with E-state index in [2.05, 4.69) is 4.18 Å². The van der Waals surface area contributed by atoms with Crippen molar-refractivity contribution in [2.45, 2.75) is 26.2 Å². The molecule has 0 aliphatic heterocycles. The lowest BCUT2D eigenvalue weighted by Gasteiger charge is -2.03. The SMILES string of the molecule is CCCCc1cc(OS(C)(=O)=O)cc(=O)o1. The molecular formula is C10H14O5S. The van der Waals surface area contributed by atoms with Gasteiger partial charge in [-0.1, -0.05) is 13.3 Å². The summed E-state index contributed by atoms with van der Waals surface area (Å²) >= 11 is 0. The molecule has 0 aromatic carbocycles. The maximum atomic E-state index is 11.1. The highest BCUT2D eigenvalue weighted by atomic mass is 32.2. The molecule has 1 heterocycles. The highest BCUT2D eigenvalue weighted by Gasteiger charge is 2.08. The summed E-state index contributed by atoms with van der Waals surface area (Å²) < 4.78 is 31.3. The molecule has 0 fully saturated rings. The first-order chi connectivity index (χ1) is 7.40. The van der Waals surface area contributed by atoms with E-state index in [9.17, 15) is 13.2 Å². The molecule has 0 amide bonds. The molecule has 5 nitrogen and oxygen atoms in total. The first-order valence-electron chi connectivity index (χ1n) is 4.94. The maximum Gasteiger partial charge on any atom is 0.339 e. The molecule has 0 saturated heterocycles. The lowest BCUT2D eigenvalue weighted by molar-refractivity contribution is 0.437. The van der Waals surface area contributed by atoms with Gasteiger partial charge < -0.3 is 8.60 Å². The monoisotopic (exact) mass is 246 g/mol. The van der Waals surface area contributed by atoms with Crippen molar-refractivity contribution >= 4 is 10.1 Å². The van der Waals surface area contributed by atoms with Gasteiger partial charge in [-0.25, -0.2) is 4.79 Å². The average molecular weight is 246 g/mol. The first-order valence-corrected chi connectivity index (χ1v) is 6.76. The standard InChI is InChI=1S/C10H14O5S/c1-3-4-5-8-6-9(7-10(11)14-8)15-16(2,12)13/h6-7H,3-5H2,1-2H3. The first kappa shape index (κ1) is 12.8. The molecule has 0 spiro atoms. The summed E-state index contributed by atoms with van der Waals surface area (Å²) in [6.07, 6.45) is 3.34. The largest absolute Gasteiger partial charge is 0.428 e. The van der Waals surface area contributed by atoms with Crippen LogP contribution in [0.1, 0.15) is 25.5 Å². The second-order valence-corrected chi connectivity index (χ2v) is 5.04. The van der Waals surface area contributed by atoms with E-state index in [1.54, 1.807) is 0 Å². The van der Waals surface area contributed by atoms with E-state index in [-0.39, 0.29) is 5.75 Å². The van der Waals surface area contributed by atoms with Crippen LogP contribution in [-0.2, 0) is 16.5 Å². The Balaban J connectivity index is 2.94. The van der Waals surface area contributed by atoms with Gasteiger partial charge in [0.05, 0.1) is 12.3 Å². The molecule has 1 rings (SSSR count). The van der Waals surface area contributed by atoms with E-state index in [4.69, 9.17) is 4.42 Å². The summed E-state index contributed by atoms with van der Waals surface area (Å²) in [4.78, 5) is 11.1. The van der Waals surface area contributed by atoms with Crippen LogP contribution in [0.2, 0.25) is 0 Å². The Hall–Kier alpha value is -1.30. The van der Waals surface area contributed by atoms with E-state index < -0.39 is 15.7 Å². The van der Waals surface area contributed by atoms with Crippen molar-refractivity contribution in [1.82, 2.24) is 0 Å². The summed E-state index contributed by atoms with van der Waals surface area (Å²) in [7, 11) is -3.61. The van der Waals surface area contributed by atoms with E-state index in [1.807, 2.05) is 6.92 Å². The third kappa shape index (κ3) is 4.48. The highest BCUT2D eigenvalue weighted by Crippen LogP contribution is 2.14. The van der Waals surface area contributed by atoms with Crippen LogP contribution < -0.4 is 9.81 Å². The Kier molecular flexibility index (Phi) is 4.12. The number of aryl methyl sites for hydroxylation is 1. The van der Waals surface area contributed by atoms with Crippen LogP contribution in [0.3, 0.4) is 0 Å². The van der Waals surface area contributed by atoms with Crippen LogP contribution in [0.15, 0.2) is 21.3 Å². The lowest BCUT2D eigenvalue weighted by atomic mass is 10.2. The van der Waals surface area contributed by atoms with Crippen LogP contribution in [0.25, 0.3) is 0 Å². The van der Waals surface area contributed by atoms with Crippen LogP contribution in [-0.4, -0.2) is 14.7 Å². The van der Waals surface area contributed by atoms with Gasteiger partial charge in [0, 0.05) is 12.5 Å². The Morgan fingerprint density at radius 1 is 1.38 bits per heavy atom. The van der Waals surface area contributed by atoms with Crippen LogP contribution >= 0.6 is 0 Å².